The van der Waals surface area contributed by atoms with E-state index >= 15 is 0 Å². The lowest BCUT2D eigenvalue weighted by Gasteiger charge is -2.14. The summed E-state index contributed by atoms with van der Waals surface area (Å²) in [4.78, 5) is 0. The van der Waals surface area contributed by atoms with Gasteiger partial charge in [0.05, 0.1) is 6.61 Å². The minimum absolute atomic E-state index is 0.170. The Bertz CT molecular complexity index is 504. The van der Waals surface area contributed by atoms with Crippen LogP contribution in [0, 0.1) is 5.92 Å². The quantitative estimate of drug-likeness (QED) is 0.482. The van der Waals surface area contributed by atoms with Gasteiger partial charge in [0, 0.05) is 24.8 Å². The third-order valence-corrected chi connectivity index (χ3v) is 3.89. The number of hydrazone groups is 1. The Hall–Kier alpha value is -1.46. The lowest BCUT2D eigenvalue weighted by Crippen LogP contribution is -2.40. The Morgan fingerprint density at radius 3 is 2.81 bits per heavy atom. The number of ether oxygens (including phenoxy) is 1. The number of nitrogens with zero attached hydrogens (tertiary/aromatic N) is 1. The summed E-state index contributed by atoms with van der Waals surface area (Å²) in [5.74, 6) is 1.13. The summed E-state index contributed by atoms with van der Waals surface area (Å²) < 4.78 is 5.06. The Balaban J connectivity index is 1.79. The smallest absolute Gasteiger partial charge is 0.187 e. The molecule has 0 aliphatic heterocycles. The molecule has 4 nitrogen and oxygen atoms in total. The molecule has 3 atom stereocenters. The minimum Gasteiger partial charge on any atom is -0.383 e. The molecule has 1 saturated carbocycles. The van der Waals surface area contributed by atoms with E-state index in [2.05, 4.69) is 53.1 Å². The van der Waals surface area contributed by atoms with Gasteiger partial charge in [-0.25, -0.2) is 0 Å². The monoisotopic (exact) mass is 305 g/mol. The maximum absolute atomic E-state index is 5.21. The molecule has 1 aromatic carbocycles. The number of nitrogens with one attached hydrogen (secondary N) is 2. The molecule has 0 radical (unpaired) electrons. The SMILES string of the molecule is COCC(C)NC(=S)NN=C(C)C1CC1c1ccccc1. The summed E-state index contributed by atoms with van der Waals surface area (Å²) in [7, 11) is 1.67. The van der Waals surface area contributed by atoms with E-state index in [1.165, 1.54) is 12.0 Å². The largest absolute Gasteiger partial charge is 0.383 e. The molecule has 21 heavy (non-hydrogen) atoms. The summed E-state index contributed by atoms with van der Waals surface area (Å²) in [6.07, 6.45) is 1.17. The van der Waals surface area contributed by atoms with Crippen molar-refractivity contribution in [1.82, 2.24) is 10.7 Å². The van der Waals surface area contributed by atoms with Crippen LogP contribution in [0.15, 0.2) is 35.4 Å². The Morgan fingerprint density at radius 1 is 1.43 bits per heavy atom. The molecule has 2 N–H and O–H groups in total. The van der Waals surface area contributed by atoms with Crippen LogP contribution in [0.3, 0.4) is 0 Å². The first-order valence-electron chi connectivity index (χ1n) is 7.26. The van der Waals surface area contributed by atoms with Gasteiger partial charge >= 0.3 is 0 Å². The zero-order chi connectivity index (χ0) is 15.2. The fourth-order valence-electron chi connectivity index (χ4n) is 2.49. The Labute approximate surface area is 132 Å². The molecule has 5 heteroatoms. The molecule has 1 fully saturated rings. The molecule has 0 aromatic heterocycles. The van der Waals surface area contributed by atoms with E-state index in [-0.39, 0.29) is 6.04 Å². The van der Waals surface area contributed by atoms with Crippen molar-refractivity contribution in [3.05, 3.63) is 35.9 Å². The zero-order valence-electron chi connectivity index (χ0n) is 12.8. The number of benzene rings is 1. The Morgan fingerprint density at radius 2 is 2.14 bits per heavy atom. The number of rotatable bonds is 6. The molecular formula is C16H23N3OS. The van der Waals surface area contributed by atoms with Crippen molar-refractivity contribution >= 4 is 23.0 Å². The lowest BCUT2D eigenvalue weighted by molar-refractivity contribution is 0.179. The topological polar surface area (TPSA) is 45.6 Å². The summed E-state index contributed by atoms with van der Waals surface area (Å²) in [6, 6.07) is 10.8. The van der Waals surface area contributed by atoms with Crippen LogP contribution in [-0.2, 0) is 4.74 Å². The normalized spacial score (nSPS) is 22.5. The predicted octanol–water partition coefficient (Wildman–Crippen LogP) is 2.67. The van der Waals surface area contributed by atoms with Crippen LogP contribution in [0.1, 0.15) is 31.7 Å². The molecule has 1 aliphatic carbocycles. The number of hydrogen-bond donors (Lipinski definition) is 2. The van der Waals surface area contributed by atoms with Gasteiger partial charge in [-0.1, -0.05) is 30.3 Å². The van der Waals surface area contributed by atoms with Crippen molar-refractivity contribution in [3.63, 3.8) is 0 Å². The van der Waals surface area contributed by atoms with Crippen molar-refractivity contribution in [3.8, 4) is 0 Å². The first kappa shape index (κ1) is 15.9. The molecule has 1 aromatic rings. The fraction of sp³-hybridized carbons (Fsp3) is 0.500. The van der Waals surface area contributed by atoms with Gasteiger partial charge in [0.25, 0.3) is 0 Å². The van der Waals surface area contributed by atoms with Crippen LogP contribution in [0.2, 0.25) is 0 Å². The van der Waals surface area contributed by atoms with Crippen LogP contribution < -0.4 is 10.7 Å². The maximum Gasteiger partial charge on any atom is 0.187 e. The van der Waals surface area contributed by atoms with Crippen LogP contribution in [0.5, 0.6) is 0 Å². The van der Waals surface area contributed by atoms with Gasteiger partial charge < -0.3 is 10.1 Å². The molecule has 0 heterocycles. The summed E-state index contributed by atoms with van der Waals surface area (Å²) >= 11 is 5.21. The van der Waals surface area contributed by atoms with E-state index < -0.39 is 0 Å². The highest BCUT2D eigenvalue weighted by atomic mass is 32.1. The van der Waals surface area contributed by atoms with E-state index in [0.29, 0.717) is 23.6 Å². The van der Waals surface area contributed by atoms with Gasteiger partial charge in [-0.3, -0.25) is 5.43 Å². The highest BCUT2D eigenvalue weighted by Gasteiger charge is 2.40. The summed E-state index contributed by atoms with van der Waals surface area (Å²) in [5, 5.41) is 8.06. The van der Waals surface area contributed by atoms with Gasteiger partial charge in [-0.15, -0.1) is 0 Å². The molecule has 0 spiro atoms. The second-order valence-electron chi connectivity index (χ2n) is 5.55. The predicted molar refractivity (Wildman–Crippen MR) is 90.6 cm³/mol. The number of hydrogen-bond acceptors (Lipinski definition) is 3. The van der Waals surface area contributed by atoms with Gasteiger partial charge in [0.2, 0.25) is 0 Å². The van der Waals surface area contributed by atoms with Crippen LogP contribution in [0.25, 0.3) is 0 Å². The molecule has 1 aliphatic rings. The van der Waals surface area contributed by atoms with E-state index in [9.17, 15) is 0 Å². The van der Waals surface area contributed by atoms with Gasteiger partial charge in [0.15, 0.2) is 5.11 Å². The molecule has 2 rings (SSSR count). The lowest BCUT2D eigenvalue weighted by atomic mass is 10.1. The first-order valence-corrected chi connectivity index (χ1v) is 7.67. The van der Waals surface area contributed by atoms with Crippen molar-refractivity contribution < 1.29 is 4.74 Å². The van der Waals surface area contributed by atoms with Gasteiger partial charge in [0.1, 0.15) is 0 Å². The van der Waals surface area contributed by atoms with Crippen LogP contribution in [0.4, 0.5) is 0 Å². The zero-order valence-corrected chi connectivity index (χ0v) is 13.6. The molecule has 114 valence electrons. The third-order valence-electron chi connectivity index (χ3n) is 3.68. The minimum atomic E-state index is 0.170. The number of thiocarbonyl (C=S) groups is 1. The van der Waals surface area contributed by atoms with E-state index in [1.807, 2.05) is 6.92 Å². The van der Waals surface area contributed by atoms with Gasteiger partial charge in [-0.05, 0) is 44.0 Å². The summed E-state index contributed by atoms with van der Waals surface area (Å²) in [6.45, 7) is 4.69. The number of methoxy groups -OCH3 is 1. The molecule has 3 unspecified atom stereocenters. The second-order valence-corrected chi connectivity index (χ2v) is 5.96. The highest BCUT2D eigenvalue weighted by Crippen LogP contribution is 2.48. The first-order chi connectivity index (χ1) is 10.1. The van der Waals surface area contributed by atoms with E-state index in [4.69, 9.17) is 17.0 Å². The van der Waals surface area contributed by atoms with E-state index in [1.54, 1.807) is 7.11 Å². The Kier molecular flexibility index (Phi) is 5.70. The fourth-order valence-corrected chi connectivity index (χ4v) is 2.74. The standard InChI is InChI=1S/C16H23N3OS/c1-11(10-20-3)17-16(21)19-18-12(2)14-9-15(14)13-7-5-4-6-8-13/h4-8,11,14-15H,9-10H2,1-3H3,(H2,17,19,21). The summed E-state index contributed by atoms with van der Waals surface area (Å²) in [5.41, 5.74) is 5.42. The molecular weight excluding hydrogens is 282 g/mol. The van der Waals surface area contributed by atoms with Crippen molar-refractivity contribution in [2.45, 2.75) is 32.2 Å². The average molecular weight is 305 g/mol. The van der Waals surface area contributed by atoms with Crippen LogP contribution in [-0.4, -0.2) is 30.6 Å². The van der Waals surface area contributed by atoms with Crippen molar-refractivity contribution in [2.24, 2.45) is 11.0 Å². The molecule has 0 bridgehead atoms. The third kappa shape index (κ3) is 4.79. The van der Waals surface area contributed by atoms with Gasteiger partial charge in [-0.2, -0.15) is 5.10 Å². The van der Waals surface area contributed by atoms with Crippen molar-refractivity contribution in [2.75, 3.05) is 13.7 Å². The molecule has 0 saturated heterocycles. The highest BCUT2D eigenvalue weighted by molar-refractivity contribution is 7.80. The van der Waals surface area contributed by atoms with E-state index in [0.717, 1.165) is 5.71 Å². The average Bonchev–Trinajstić information content (AvgIpc) is 3.26. The molecule has 0 amide bonds. The maximum atomic E-state index is 5.21. The second kappa shape index (κ2) is 7.52. The van der Waals surface area contributed by atoms with Crippen LogP contribution >= 0.6 is 12.2 Å². The van der Waals surface area contributed by atoms with Crippen molar-refractivity contribution in [1.29, 1.82) is 0 Å².